The summed E-state index contributed by atoms with van der Waals surface area (Å²) in [6, 6.07) is 1.79. The van der Waals surface area contributed by atoms with Gasteiger partial charge in [0.05, 0.1) is 10.5 Å². The molecule has 0 spiro atoms. The SMILES string of the molecule is O=C(O)C(F)(F)F.O=S(=O)(Nc1cscn1)c1cc(Cl)c(OC2CCNCC2F)cc1F. The van der Waals surface area contributed by atoms with Gasteiger partial charge in [0.2, 0.25) is 0 Å². The van der Waals surface area contributed by atoms with Gasteiger partial charge in [0.15, 0.2) is 5.82 Å². The maximum absolute atomic E-state index is 14.3. The van der Waals surface area contributed by atoms with Crippen LogP contribution in [0.15, 0.2) is 27.9 Å². The molecule has 2 unspecified atom stereocenters. The number of carbonyl (C=O) groups is 1. The molecule has 32 heavy (non-hydrogen) atoms. The van der Waals surface area contributed by atoms with Crippen molar-refractivity contribution in [2.75, 3.05) is 17.8 Å². The van der Waals surface area contributed by atoms with E-state index in [1.165, 1.54) is 22.2 Å². The smallest absolute Gasteiger partial charge is 0.486 e. The lowest BCUT2D eigenvalue weighted by atomic mass is 10.1. The number of carboxylic acids is 1. The Labute approximate surface area is 187 Å². The van der Waals surface area contributed by atoms with Crippen molar-refractivity contribution in [3.63, 3.8) is 0 Å². The number of hydrogen-bond donors (Lipinski definition) is 3. The van der Waals surface area contributed by atoms with Crippen LogP contribution in [0.1, 0.15) is 6.42 Å². The monoisotopic (exact) mass is 523 g/mol. The number of thiazole rings is 1. The van der Waals surface area contributed by atoms with Gasteiger partial charge in [0.25, 0.3) is 10.0 Å². The number of carboxylic acid groups (broad SMARTS) is 1. The summed E-state index contributed by atoms with van der Waals surface area (Å²) in [5.41, 5.74) is 1.44. The van der Waals surface area contributed by atoms with Gasteiger partial charge < -0.3 is 15.2 Å². The van der Waals surface area contributed by atoms with E-state index in [4.69, 9.17) is 26.2 Å². The lowest BCUT2D eigenvalue weighted by Gasteiger charge is -2.27. The van der Waals surface area contributed by atoms with Crippen molar-refractivity contribution in [1.29, 1.82) is 0 Å². The predicted molar refractivity (Wildman–Crippen MR) is 105 cm³/mol. The summed E-state index contributed by atoms with van der Waals surface area (Å²) in [5.74, 6) is -3.82. The van der Waals surface area contributed by atoms with Crippen molar-refractivity contribution < 1.29 is 45.0 Å². The van der Waals surface area contributed by atoms with E-state index in [1.54, 1.807) is 0 Å². The summed E-state index contributed by atoms with van der Waals surface area (Å²) in [6.45, 7) is 0.698. The molecule has 1 aromatic carbocycles. The van der Waals surface area contributed by atoms with Crippen LogP contribution in [0.5, 0.6) is 5.75 Å². The Kier molecular flexibility index (Phi) is 8.61. The van der Waals surface area contributed by atoms with E-state index in [-0.39, 0.29) is 23.1 Å². The number of nitrogens with one attached hydrogen (secondary N) is 2. The summed E-state index contributed by atoms with van der Waals surface area (Å²) in [7, 11) is -4.20. The van der Waals surface area contributed by atoms with Gasteiger partial charge in [-0.1, -0.05) is 11.6 Å². The van der Waals surface area contributed by atoms with Crippen LogP contribution < -0.4 is 14.8 Å². The quantitative estimate of drug-likeness (QED) is 0.514. The molecule has 2 aromatic rings. The normalized spacial score (nSPS) is 18.9. The van der Waals surface area contributed by atoms with E-state index in [1.807, 2.05) is 0 Å². The summed E-state index contributed by atoms with van der Waals surface area (Å²) in [5, 5.41) is 11.3. The minimum Gasteiger partial charge on any atom is -0.486 e. The first-order chi connectivity index (χ1) is 14.8. The number of piperidine rings is 1. The number of anilines is 1. The fourth-order valence-electron chi connectivity index (χ4n) is 2.35. The molecule has 3 N–H and O–H groups in total. The zero-order chi connectivity index (χ0) is 24.1. The van der Waals surface area contributed by atoms with Crippen molar-refractivity contribution in [2.24, 2.45) is 0 Å². The molecule has 0 radical (unpaired) electrons. The first-order valence-electron chi connectivity index (χ1n) is 8.53. The van der Waals surface area contributed by atoms with Gasteiger partial charge in [-0.15, -0.1) is 11.3 Å². The fraction of sp³-hybridized carbons (Fsp3) is 0.375. The van der Waals surface area contributed by atoms with Crippen molar-refractivity contribution >= 4 is 44.7 Å². The first kappa shape index (κ1) is 26.0. The number of rotatable bonds is 5. The number of benzene rings is 1. The lowest BCUT2D eigenvalue weighted by molar-refractivity contribution is -0.192. The number of aromatic nitrogens is 1. The Balaban J connectivity index is 0.000000451. The van der Waals surface area contributed by atoms with Crippen LogP contribution >= 0.6 is 22.9 Å². The zero-order valence-electron chi connectivity index (χ0n) is 15.7. The maximum atomic E-state index is 14.3. The number of aliphatic carboxylic acids is 1. The third-order valence-corrected chi connectivity index (χ3v) is 6.07. The number of hydrogen-bond acceptors (Lipinski definition) is 7. The second-order valence-electron chi connectivity index (χ2n) is 6.16. The molecular formula is C16H15ClF5N3O5S2. The van der Waals surface area contributed by atoms with Gasteiger partial charge in [-0.05, 0) is 19.0 Å². The van der Waals surface area contributed by atoms with Crippen LogP contribution in [0, 0.1) is 5.82 Å². The molecular weight excluding hydrogens is 509 g/mol. The van der Waals surface area contributed by atoms with E-state index < -0.39 is 45.2 Å². The van der Waals surface area contributed by atoms with Gasteiger partial charge in [-0.3, -0.25) is 4.72 Å². The zero-order valence-corrected chi connectivity index (χ0v) is 18.1. The van der Waals surface area contributed by atoms with Crippen molar-refractivity contribution in [2.45, 2.75) is 29.8 Å². The highest BCUT2D eigenvalue weighted by molar-refractivity contribution is 7.92. The Morgan fingerprint density at radius 1 is 1.38 bits per heavy atom. The molecule has 1 aliphatic heterocycles. The second-order valence-corrected chi connectivity index (χ2v) is 8.94. The van der Waals surface area contributed by atoms with E-state index >= 15 is 0 Å². The molecule has 3 rings (SSSR count). The molecule has 1 aliphatic rings. The van der Waals surface area contributed by atoms with E-state index in [2.05, 4.69) is 15.0 Å². The molecule has 0 saturated carbocycles. The largest absolute Gasteiger partial charge is 0.490 e. The molecule has 16 heteroatoms. The van der Waals surface area contributed by atoms with Crippen molar-refractivity contribution in [3.05, 3.63) is 33.9 Å². The van der Waals surface area contributed by atoms with Crippen molar-refractivity contribution in [1.82, 2.24) is 10.3 Å². The van der Waals surface area contributed by atoms with Gasteiger partial charge in [0.1, 0.15) is 28.7 Å². The van der Waals surface area contributed by atoms with Gasteiger partial charge in [-0.25, -0.2) is 27.0 Å². The topological polar surface area (TPSA) is 118 Å². The predicted octanol–water partition coefficient (Wildman–Crippen LogP) is 3.45. The number of ether oxygens (including phenoxy) is 1. The molecule has 1 saturated heterocycles. The Morgan fingerprint density at radius 2 is 2.03 bits per heavy atom. The summed E-state index contributed by atoms with van der Waals surface area (Å²) in [6.07, 6.45) is -6.72. The van der Waals surface area contributed by atoms with Gasteiger partial charge >= 0.3 is 12.1 Å². The molecule has 1 fully saturated rings. The van der Waals surface area contributed by atoms with E-state index in [0.29, 0.717) is 13.0 Å². The van der Waals surface area contributed by atoms with Gasteiger partial charge in [0, 0.05) is 18.0 Å². The minimum atomic E-state index is -5.08. The number of nitrogens with zero attached hydrogens (tertiary/aromatic N) is 1. The molecule has 0 aliphatic carbocycles. The minimum absolute atomic E-state index is 0.0795. The maximum Gasteiger partial charge on any atom is 0.490 e. The van der Waals surface area contributed by atoms with Crippen LogP contribution in [0.25, 0.3) is 0 Å². The van der Waals surface area contributed by atoms with E-state index in [9.17, 15) is 30.4 Å². The highest BCUT2D eigenvalue weighted by Crippen LogP contribution is 2.32. The van der Waals surface area contributed by atoms with Crippen LogP contribution in [0.4, 0.5) is 27.8 Å². The highest BCUT2D eigenvalue weighted by Gasteiger charge is 2.38. The van der Waals surface area contributed by atoms with Crippen molar-refractivity contribution in [3.8, 4) is 5.75 Å². The molecule has 0 amide bonds. The van der Waals surface area contributed by atoms with E-state index in [0.717, 1.165) is 12.1 Å². The number of halogens is 6. The molecule has 178 valence electrons. The van der Waals surface area contributed by atoms with Crippen LogP contribution in [-0.4, -0.2) is 56.0 Å². The summed E-state index contributed by atoms with van der Waals surface area (Å²) in [4.78, 5) is 12.0. The number of sulfonamides is 1. The average molecular weight is 524 g/mol. The Hall–Kier alpha value is -2.23. The summed E-state index contributed by atoms with van der Waals surface area (Å²) >= 11 is 7.21. The third kappa shape index (κ3) is 7.15. The second kappa shape index (κ2) is 10.6. The highest BCUT2D eigenvalue weighted by atomic mass is 35.5. The summed E-state index contributed by atoms with van der Waals surface area (Å²) < 4.78 is 92.0. The molecule has 2 atom stereocenters. The molecule has 8 nitrogen and oxygen atoms in total. The van der Waals surface area contributed by atoms with Gasteiger partial charge in [-0.2, -0.15) is 13.2 Å². The first-order valence-corrected chi connectivity index (χ1v) is 11.3. The molecule has 2 heterocycles. The van der Waals surface area contributed by atoms with Crippen LogP contribution in [-0.2, 0) is 14.8 Å². The van der Waals surface area contributed by atoms with Crippen LogP contribution in [0.3, 0.4) is 0 Å². The molecule has 0 bridgehead atoms. The van der Waals surface area contributed by atoms with Crippen LogP contribution in [0.2, 0.25) is 5.02 Å². The standard InChI is InChI=1S/C14H14ClF2N3O3S2.C2HF3O2/c15-8-3-13(25(21,22)20-14-6-24-7-19-14)9(16)4-12(8)23-11-1-2-18-5-10(11)17;3-2(4,5)1(6)7/h3-4,6-7,10-11,18,20H,1-2,5H2;(H,6,7). The Bertz CT molecular complexity index is 1040. The molecule has 1 aromatic heterocycles. The third-order valence-electron chi connectivity index (χ3n) is 3.82. The average Bonchev–Trinajstić information content (AvgIpc) is 3.18. The lowest BCUT2D eigenvalue weighted by Crippen LogP contribution is -2.44. The fourth-order valence-corrected chi connectivity index (χ4v) is 4.27. The number of alkyl halides is 4. The Morgan fingerprint density at radius 3 is 2.56 bits per heavy atom.